The number of anilines is 1. The normalized spacial score (nSPS) is 23.7. The molecule has 2 heterocycles. The largest absolute Gasteiger partial charge is 0.375 e. The number of nitrogens with one attached hydrogen (secondary N) is 2. The minimum atomic E-state index is -0.313. The molecule has 0 bridgehead atoms. The lowest BCUT2D eigenvalue weighted by molar-refractivity contribution is -0.129. The molecule has 0 radical (unpaired) electrons. The molecule has 2 fully saturated rings. The van der Waals surface area contributed by atoms with Crippen LogP contribution in [0.15, 0.2) is 24.3 Å². The van der Waals surface area contributed by atoms with Crippen molar-refractivity contribution in [1.29, 1.82) is 0 Å². The van der Waals surface area contributed by atoms with Crippen molar-refractivity contribution in [2.45, 2.75) is 38.5 Å². The van der Waals surface area contributed by atoms with Crippen molar-refractivity contribution in [2.24, 2.45) is 0 Å². The van der Waals surface area contributed by atoms with Crippen molar-refractivity contribution < 1.29 is 14.3 Å². The summed E-state index contributed by atoms with van der Waals surface area (Å²) in [5, 5.41) is 6.12. The van der Waals surface area contributed by atoms with Gasteiger partial charge in [0, 0.05) is 31.7 Å². The van der Waals surface area contributed by atoms with Crippen LogP contribution in [0.3, 0.4) is 0 Å². The summed E-state index contributed by atoms with van der Waals surface area (Å²) in [6.07, 6.45) is 1.40. The molecular formula is C17H24ClN3O3. The van der Waals surface area contributed by atoms with Crippen molar-refractivity contribution in [3.8, 4) is 0 Å². The van der Waals surface area contributed by atoms with E-state index in [9.17, 15) is 9.59 Å². The average molecular weight is 354 g/mol. The van der Waals surface area contributed by atoms with Gasteiger partial charge in [-0.3, -0.25) is 9.59 Å². The number of halogens is 1. The first-order chi connectivity index (χ1) is 11.1. The van der Waals surface area contributed by atoms with Crippen molar-refractivity contribution in [2.75, 3.05) is 24.6 Å². The van der Waals surface area contributed by atoms with Crippen molar-refractivity contribution >= 4 is 29.9 Å². The predicted octanol–water partition coefficient (Wildman–Crippen LogP) is 1.23. The van der Waals surface area contributed by atoms with Gasteiger partial charge in [-0.05, 0) is 31.0 Å². The van der Waals surface area contributed by atoms with Crippen LogP contribution in [-0.4, -0.2) is 43.7 Å². The second-order valence-corrected chi connectivity index (χ2v) is 6.04. The molecule has 0 aromatic heterocycles. The number of hydrogen-bond donors (Lipinski definition) is 2. The molecule has 2 N–H and O–H groups in total. The summed E-state index contributed by atoms with van der Waals surface area (Å²) in [5.74, 6) is 0.114. The van der Waals surface area contributed by atoms with E-state index >= 15 is 0 Å². The summed E-state index contributed by atoms with van der Waals surface area (Å²) >= 11 is 0. The molecule has 0 aliphatic carbocycles. The van der Waals surface area contributed by atoms with E-state index in [-0.39, 0.29) is 36.4 Å². The number of benzene rings is 1. The summed E-state index contributed by atoms with van der Waals surface area (Å²) in [6.45, 7) is 4.44. The fourth-order valence-electron chi connectivity index (χ4n) is 3.08. The van der Waals surface area contributed by atoms with Crippen LogP contribution in [0.4, 0.5) is 5.69 Å². The van der Waals surface area contributed by atoms with Crippen LogP contribution in [0.2, 0.25) is 0 Å². The molecule has 7 heteroatoms. The van der Waals surface area contributed by atoms with Gasteiger partial charge in [-0.2, -0.15) is 0 Å². The number of morpholine rings is 1. The van der Waals surface area contributed by atoms with Crippen LogP contribution in [0.25, 0.3) is 0 Å². The number of rotatable bonds is 4. The second-order valence-electron chi connectivity index (χ2n) is 6.04. The van der Waals surface area contributed by atoms with Crippen LogP contribution in [0.5, 0.6) is 0 Å². The first-order valence-electron chi connectivity index (χ1n) is 8.17. The maximum atomic E-state index is 12.3. The van der Waals surface area contributed by atoms with Gasteiger partial charge in [0.05, 0.1) is 12.7 Å². The number of amides is 2. The fourth-order valence-corrected chi connectivity index (χ4v) is 3.08. The van der Waals surface area contributed by atoms with Gasteiger partial charge < -0.3 is 20.3 Å². The molecule has 132 valence electrons. The average Bonchev–Trinajstić information content (AvgIpc) is 2.99. The highest BCUT2D eigenvalue weighted by Crippen LogP contribution is 2.22. The second kappa shape index (κ2) is 8.46. The molecule has 2 aliphatic heterocycles. The summed E-state index contributed by atoms with van der Waals surface area (Å²) in [7, 11) is 0. The molecule has 0 saturated carbocycles. The summed E-state index contributed by atoms with van der Waals surface area (Å²) in [4.78, 5) is 25.9. The van der Waals surface area contributed by atoms with E-state index in [0.29, 0.717) is 26.1 Å². The summed E-state index contributed by atoms with van der Waals surface area (Å²) in [5.41, 5.74) is 1.90. The molecule has 0 unspecified atom stereocenters. The lowest BCUT2D eigenvalue weighted by Gasteiger charge is -2.29. The smallest absolute Gasteiger partial charge is 0.240 e. The third-order valence-electron chi connectivity index (χ3n) is 4.36. The van der Waals surface area contributed by atoms with Gasteiger partial charge in [0.1, 0.15) is 6.04 Å². The van der Waals surface area contributed by atoms with Gasteiger partial charge in [-0.1, -0.05) is 12.1 Å². The highest BCUT2D eigenvalue weighted by molar-refractivity contribution is 5.95. The first-order valence-corrected chi connectivity index (χ1v) is 8.17. The fraction of sp³-hybridized carbons (Fsp3) is 0.529. The van der Waals surface area contributed by atoms with E-state index < -0.39 is 0 Å². The van der Waals surface area contributed by atoms with Crippen molar-refractivity contribution in [1.82, 2.24) is 10.6 Å². The van der Waals surface area contributed by atoms with Crippen LogP contribution in [-0.2, 0) is 20.9 Å². The Morgan fingerprint density at radius 3 is 3.00 bits per heavy atom. The van der Waals surface area contributed by atoms with E-state index in [1.54, 1.807) is 0 Å². The van der Waals surface area contributed by atoms with Crippen molar-refractivity contribution in [3.05, 3.63) is 29.8 Å². The highest BCUT2D eigenvalue weighted by Gasteiger charge is 2.28. The SMILES string of the molecule is C[C@H]1OCCN[C@@H]1C(=O)NCc1cccc(N2CCCC2=O)c1.Cl. The van der Waals surface area contributed by atoms with Crippen molar-refractivity contribution in [3.63, 3.8) is 0 Å². The zero-order chi connectivity index (χ0) is 16.2. The minimum Gasteiger partial charge on any atom is -0.375 e. The van der Waals surface area contributed by atoms with Gasteiger partial charge >= 0.3 is 0 Å². The number of carbonyl (C=O) groups is 2. The Kier molecular flexibility index (Phi) is 6.60. The summed E-state index contributed by atoms with van der Waals surface area (Å²) < 4.78 is 5.49. The lowest BCUT2D eigenvalue weighted by Crippen LogP contribution is -2.55. The first kappa shape index (κ1) is 18.7. The van der Waals surface area contributed by atoms with Gasteiger partial charge in [0.25, 0.3) is 0 Å². The number of hydrogen-bond acceptors (Lipinski definition) is 4. The van der Waals surface area contributed by atoms with Gasteiger partial charge in [0.2, 0.25) is 11.8 Å². The minimum absolute atomic E-state index is 0. The molecule has 2 saturated heterocycles. The molecule has 2 atom stereocenters. The molecule has 1 aromatic carbocycles. The van der Waals surface area contributed by atoms with Gasteiger partial charge in [0.15, 0.2) is 0 Å². The standard InChI is InChI=1S/C17H23N3O3.ClH/c1-12-16(18-7-9-23-12)17(22)19-11-13-4-2-5-14(10-13)20-8-3-6-15(20)21;/h2,4-5,10,12,16,18H,3,6-9,11H2,1H3,(H,19,22);1H/t12-,16+;/m1./s1. The van der Waals surface area contributed by atoms with E-state index in [1.807, 2.05) is 36.1 Å². The van der Waals surface area contributed by atoms with Gasteiger partial charge in [-0.15, -0.1) is 12.4 Å². The van der Waals surface area contributed by atoms with Crippen LogP contribution in [0, 0.1) is 0 Å². The van der Waals surface area contributed by atoms with Crippen LogP contribution < -0.4 is 15.5 Å². The molecule has 2 amide bonds. The maximum Gasteiger partial charge on any atom is 0.240 e. The highest BCUT2D eigenvalue weighted by atomic mass is 35.5. The van der Waals surface area contributed by atoms with E-state index in [0.717, 1.165) is 24.2 Å². The van der Waals surface area contributed by atoms with E-state index in [2.05, 4.69) is 10.6 Å². The molecule has 2 aliphatic rings. The third-order valence-corrected chi connectivity index (χ3v) is 4.36. The molecule has 0 spiro atoms. The predicted molar refractivity (Wildman–Crippen MR) is 94.3 cm³/mol. The monoisotopic (exact) mass is 353 g/mol. The zero-order valence-corrected chi connectivity index (χ0v) is 14.6. The molecule has 24 heavy (non-hydrogen) atoms. The third kappa shape index (κ3) is 4.26. The Morgan fingerprint density at radius 2 is 2.29 bits per heavy atom. The summed E-state index contributed by atoms with van der Waals surface area (Å²) in [6, 6.07) is 7.48. The molecule has 1 aromatic rings. The number of carbonyl (C=O) groups excluding carboxylic acids is 2. The Morgan fingerprint density at radius 1 is 1.46 bits per heavy atom. The quantitative estimate of drug-likeness (QED) is 0.854. The Labute approximate surface area is 148 Å². The van der Waals surface area contributed by atoms with E-state index in [1.165, 1.54) is 0 Å². The Balaban J connectivity index is 0.00000208. The lowest BCUT2D eigenvalue weighted by atomic mass is 10.1. The zero-order valence-electron chi connectivity index (χ0n) is 13.8. The van der Waals surface area contributed by atoms with Crippen LogP contribution >= 0.6 is 12.4 Å². The Hall–Kier alpha value is -1.63. The Bertz CT molecular complexity index is 596. The van der Waals surface area contributed by atoms with Gasteiger partial charge in [-0.25, -0.2) is 0 Å². The topological polar surface area (TPSA) is 70.7 Å². The molecule has 3 rings (SSSR count). The molecular weight excluding hydrogens is 330 g/mol. The molecule has 6 nitrogen and oxygen atoms in total. The number of ether oxygens (including phenoxy) is 1. The van der Waals surface area contributed by atoms with Crippen LogP contribution in [0.1, 0.15) is 25.3 Å². The number of nitrogens with zero attached hydrogens (tertiary/aromatic N) is 1. The van der Waals surface area contributed by atoms with E-state index in [4.69, 9.17) is 4.74 Å². The maximum absolute atomic E-state index is 12.3.